The fraction of sp³-hybridized carbons (Fsp3) is 0.438. The molecule has 0 aliphatic carbocycles. The SMILES string of the molecule is CN(C[C@@H]1CCN(C)[C@H]1c1cccnc1)C(=O)c1ccn[nH]1. The highest BCUT2D eigenvalue weighted by Crippen LogP contribution is 2.36. The molecule has 116 valence electrons. The molecule has 2 aromatic heterocycles. The van der Waals surface area contributed by atoms with Crippen molar-refractivity contribution in [3.8, 4) is 0 Å². The molecule has 1 fully saturated rings. The van der Waals surface area contributed by atoms with Crippen molar-refractivity contribution in [2.45, 2.75) is 12.5 Å². The highest BCUT2D eigenvalue weighted by molar-refractivity contribution is 5.91. The first-order chi connectivity index (χ1) is 10.7. The predicted octanol–water partition coefficient (Wildman–Crippen LogP) is 1.57. The highest BCUT2D eigenvalue weighted by atomic mass is 16.2. The molecule has 1 amide bonds. The van der Waals surface area contributed by atoms with E-state index in [9.17, 15) is 4.79 Å². The number of rotatable bonds is 4. The molecule has 1 saturated heterocycles. The lowest BCUT2D eigenvalue weighted by atomic mass is 9.94. The van der Waals surface area contributed by atoms with E-state index in [2.05, 4.69) is 33.2 Å². The van der Waals surface area contributed by atoms with E-state index in [0.717, 1.165) is 19.5 Å². The molecule has 0 radical (unpaired) electrons. The number of likely N-dealkylation sites (tertiary alicyclic amines) is 1. The summed E-state index contributed by atoms with van der Waals surface area (Å²) in [5.74, 6) is 0.392. The van der Waals surface area contributed by atoms with Crippen LogP contribution in [0.4, 0.5) is 0 Å². The van der Waals surface area contributed by atoms with Crippen LogP contribution in [0.1, 0.15) is 28.5 Å². The van der Waals surface area contributed by atoms with E-state index in [1.165, 1.54) is 5.56 Å². The number of nitrogens with one attached hydrogen (secondary N) is 1. The van der Waals surface area contributed by atoms with Gasteiger partial charge in [-0.1, -0.05) is 6.07 Å². The number of pyridine rings is 1. The smallest absolute Gasteiger partial charge is 0.271 e. The summed E-state index contributed by atoms with van der Waals surface area (Å²) in [5, 5.41) is 6.58. The van der Waals surface area contributed by atoms with Crippen molar-refractivity contribution < 1.29 is 4.79 Å². The standard InChI is InChI=1S/C16H21N5O/c1-20-9-6-13(15(20)12-4-3-7-17-10-12)11-21(2)16(22)14-5-8-18-19-14/h3-5,7-8,10,13,15H,6,9,11H2,1-2H3,(H,18,19)/t13-,15-/m0/s1. The molecule has 3 rings (SSSR count). The molecule has 0 unspecified atom stereocenters. The maximum Gasteiger partial charge on any atom is 0.271 e. The molecular weight excluding hydrogens is 278 g/mol. The van der Waals surface area contributed by atoms with Crippen molar-refractivity contribution in [1.82, 2.24) is 25.0 Å². The number of hydrogen-bond donors (Lipinski definition) is 1. The molecule has 0 saturated carbocycles. The Labute approximate surface area is 130 Å². The maximum absolute atomic E-state index is 12.3. The van der Waals surface area contributed by atoms with Crippen molar-refractivity contribution in [3.05, 3.63) is 48.0 Å². The second-order valence-electron chi connectivity index (χ2n) is 5.92. The number of hydrogen-bond acceptors (Lipinski definition) is 4. The van der Waals surface area contributed by atoms with Gasteiger partial charge < -0.3 is 4.90 Å². The van der Waals surface area contributed by atoms with Crippen LogP contribution in [0.5, 0.6) is 0 Å². The number of amides is 1. The van der Waals surface area contributed by atoms with Crippen molar-refractivity contribution in [2.75, 3.05) is 27.2 Å². The summed E-state index contributed by atoms with van der Waals surface area (Å²) in [6.07, 6.45) is 6.40. The van der Waals surface area contributed by atoms with Crippen molar-refractivity contribution >= 4 is 5.91 Å². The minimum atomic E-state index is -0.0167. The summed E-state index contributed by atoms with van der Waals surface area (Å²) >= 11 is 0. The molecule has 1 N–H and O–H groups in total. The maximum atomic E-state index is 12.3. The summed E-state index contributed by atoms with van der Waals surface area (Å²) in [6, 6.07) is 6.10. The Morgan fingerprint density at radius 3 is 3.00 bits per heavy atom. The van der Waals surface area contributed by atoms with Gasteiger partial charge in [-0.3, -0.25) is 19.8 Å². The molecule has 22 heavy (non-hydrogen) atoms. The summed E-state index contributed by atoms with van der Waals surface area (Å²) < 4.78 is 0. The largest absolute Gasteiger partial charge is 0.340 e. The summed E-state index contributed by atoms with van der Waals surface area (Å²) in [4.78, 5) is 20.7. The fourth-order valence-corrected chi connectivity index (χ4v) is 3.31. The van der Waals surface area contributed by atoms with E-state index >= 15 is 0 Å². The summed E-state index contributed by atoms with van der Waals surface area (Å²) in [7, 11) is 3.98. The zero-order valence-electron chi connectivity index (χ0n) is 12.9. The van der Waals surface area contributed by atoms with E-state index in [-0.39, 0.29) is 5.91 Å². The number of H-pyrrole nitrogens is 1. The fourth-order valence-electron chi connectivity index (χ4n) is 3.31. The van der Waals surface area contributed by atoms with Crippen LogP contribution in [-0.4, -0.2) is 58.1 Å². The highest BCUT2D eigenvalue weighted by Gasteiger charge is 2.34. The van der Waals surface area contributed by atoms with Gasteiger partial charge in [0.25, 0.3) is 5.91 Å². The van der Waals surface area contributed by atoms with E-state index in [4.69, 9.17) is 0 Å². The van der Waals surface area contributed by atoms with Gasteiger partial charge in [-0.05, 0) is 43.6 Å². The molecule has 1 aliphatic rings. The third kappa shape index (κ3) is 2.87. The number of carbonyl (C=O) groups is 1. The van der Waals surface area contributed by atoms with E-state index in [1.54, 1.807) is 23.4 Å². The summed E-state index contributed by atoms with van der Waals surface area (Å²) in [6.45, 7) is 1.76. The molecule has 6 heteroatoms. The zero-order chi connectivity index (χ0) is 15.5. The average molecular weight is 299 g/mol. The van der Waals surface area contributed by atoms with Gasteiger partial charge in [-0.25, -0.2) is 0 Å². The Bertz CT molecular complexity index is 613. The van der Waals surface area contributed by atoms with Gasteiger partial charge in [0, 0.05) is 38.2 Å². The Morgan fingerprint density at radius 2 is 2.32 bits per heavy atom. The second kappa shape index (κ2) is 6.27. The van der Waals surface area contributed by atoms with Crippen LogP contribution in [0, 0.1) is 5.92 Å². The van der Waals surface area contributed by atoms with E-state index in [1.807, 2.05) is 19.3 Å². The third-order valence-corrected chi connectivity index (χ3v) is 4.39. The zero-order valence-corrected chi connectivity index (χ0v) is 12.9. The molecule has 1 aliphatic heterocycles. The molecule has 0 spiro atoms. The van der Waals surface area contributed by atoms with E-state index < -0.39 is 0 Å². The first-order valence-electron chi connectivity index (χ1n) is 7.52. The Hall–Kier alpha value is -2.21. The Kier molecular flexibility index (Phi) is 4.20. The van der Waals surface area contributed by atoms with E-state index in [0.29, 0.717) is 17.7 Å². The molecule has 0 bridgehead atoms. The molecule has 0 aromatic carbocycles. The van der Waals surface area contributed by atoms with Crippen molar-refractivity contribution in [3.63, 3.8) is 0 Å². The lowest BCUT2D eigenvalue weighted by Gasteiger charge is -2.28. The molecule has 6 nitrogen and oxygen atoms in total. The van der Waals surface area contributed by atoms with Gasteiger partial charge in [-0.2, -0.15) is 5.10 Å². The first-order valence-corrected chi connectivity index (χ1v) is 7.52. The van der Waals surface area contributed by atoms with Crippen LogP contribution in [0.2, 0.25) is 0 Å². The molecule has 3 heterocycles. The number of aromatic amines is 1. The minimum Gasteiger partial charge on any atom is -0.340 e. The minimum absolute atomic E-state index is 0.0167. The van der Waals surface area contributed by atoms with Crippen LogP contribution in [0.15, 0.2) is 36.8 Å². The van der Waals surface area contributed by atoms with Crippen LogP contribution in [0.25, 0.3) is 0 Å². The quantitative estimate of drug-likeness (QED) is 0.930. The Balaban J connectivity index is 1.72. The first kappa shape index (κ1) is 14.7. The third-order valence-electron chi connectivity index (χ3n) is 4.39. The summed E-state index contributed by atoms with van der Waals surface area (Å²) in [5.41, 5.74) is 1.75. The molecular formula is C16H21N5O. The topological polar surface area (TPSA) is 65.1 Å². The van der Waals surface area contributed by atoms with Crippen LogP contribution in [-0.2, 0) is 0 Å². The van der Waals surface area contributed by atoms with Crippen LogP contribution < -0.4 is 0 Å². The molecule has 2 aromatic rings. The predicted molar refractivity (Wildman–Crippen MR) is 83.3 cm³/mol. The van der Waals surface area contributed by atoms with Crippen molar-refractivity contribution in [1.29, 1.82) is 0 Å². The average Bonchev–Trinajstić information content (AvgIpc) is 3.18. The van der Waals surface area contributed by atoms with Crippen molar-refractivity contribution in [2.24, 2.45) is 5.92 Å². The number of aromatic nitrogens is 3. The van der Waals surface area contributed by atoms with Gasteiger partial charge in [-0.15, -0.1) is 0 Å². The number of nitrogens with zero attached hydrogens (tertiary/aromatic N) is 4. The lowest BCUT2D eigenvalue weighted by molar-refractivity contribution is 0.0755. The number of carbonyl (C=O) groups excluding carboxylic acids is 1. The monoisotopic (exact) mass is 299 g/mol. The normalized spacial score (nSPS) is 21.9. The van der Waals surface area contributed by atoms with Gasteiger partial charge >= 0.3 is 0 Å². The Morgan fingerprint density at radius 1 is 1.45 bits per heavy atom. The second-order valence-corrected chi connectivity index (χ2v) is 5.92. The van der Waals surface area contributed by atoms with Gasteiger partial charge in [0.05, 0.1) is 0 Å². The lowest BCUT2D eigenvalue weighted by Crippen LogP contribution is -2.34. The van der Waals surface area contributed by atoms with Crippen LogP contribution >= 0.6 is 0 Å². The van der Waals surface area contributed by atoms with Gasteiger partial charge in [0.15, 0.2) is 0 Å². The van der Waals surface area contributed by atoms with Crippen LogP contribution in [0.3, 0.4) is 0 Å². The molecule has 2 atom stereocenters. The van der Waals surface area contributed by atoms with Gasteiger partial charge in [0.1, 0.15) is 5.69 Å². The van der Waals surface area contributed by atoms with Gasteiger partial charge in [0.2, 0.25) is 0 Å².